The summed E-state index contributed by atoms with van der Waals surface area (Å²) < 4.78 is 9.85. The standard InChI is InChI=1S/C10H18N4O3/c1-14(4-7(15)5-16-2)9-8(11)10(17-3)13-6-12-9/h6-7,15H,4-5,11H2,1-3H3. The molecule has 1 rings (SSSR count). The molecule has 0 saturated heterocycles. The molecule has 0 radical (unpaired) electrons. The molecule has 1 atom stereocenters. The van der Waals surface area contributed by atoms with Crippen molar-refractivity contribution < 1.29 is 14.6 Å². The van der Waals surface area contributed by atoms with Crippen LogP contribution < -0.4 is 15.4 Å². The maximum atomic E-state index is 9.62. The highest BCUT2D eigenvalue weighted by molar-refractivity contribution is 5.67. The van der Waals surface area contributed by atoms with Gasteiger partial charge in [0.2, 0.25) is 5.88 Å². The fourth-order valence-electron chi connectivity index (χ4n) is 1.49. The van der Waals surface area contributed by atoms with Gasteiger partial charge >= 0.3 is 0 Å². The molecular weight excluding hydrogens is 224 g/mol. The maximum Gasteiger partial charge on any atom is 0.242 e. The van der Waals surface area contributed by atoms with Gasteiger partial charge in [0.25, 0.3) is 0 Å². The molecule has 0 saturated carbocycles. The van der Waals surface area contributed by atoms with Crippen LogP contribution in [0.5, 0.6) is 5.88 Å². The van der Waals surface area contributed by atoms with Crippen LogP contribution in [0, 0.1) is 0 Å². The highest BCUT2D eigenvalue weighted by atomic mass is 16.5. The molecule has 1 heterocycles. The number of hydrogen-bond acceptors (Lipinski definition) is 7. The van der Waals surface area contributed by atoms with Gasteiger partial charge in [0.15, 0.2) is 5.82 Å². The third-order valence-corrected chi connectivity index (χ3v) is 2.22. The molecular formula is C10H18N4O3. The summed E-state index contributed by atoms with van der Waals surface area (Å²) in [5, 5.41) is 9.62. The van der Waals surface area contributed by atoms with Gasteiger partial charge in [0.1, 0.15) is 12.0 Å². The van der Waals surface area contributed by atoms with Crippen LogP contribution in [0.4, 0.5) is 11.5 Å². The number of anilines is 2. The van der Waals surface area contributed by atoms with Crippen molar-refractivity contribution in [1.29, 1.82) is 0 Å². The molecule has 3 N–H and O–H groups in total. The Morgan fingerprint density at radius 2 is 2.18 bits per heavy atom. The first-order valence-electron chi connectivity index (χ1n) is 5.12. The van der Waals surface area contributed by atoms with Gasteiger partial charge in [-0.1, -0.05) is 0 Å². The van der Waals surface area contributed by atoms with Gasteiger partial charge in [-0.3, -0.25) is 0 Å². The predicted molar refractivity (Wildman–Crippen MR) is 64.1 cm³/mol. The quantitative estimate of drug-likeness (QED) is 0.695. The Kier molecular flexibility index (Phi) is 4.92. The second-order valence-electron chi connectivity index (χ2n) is 3.61. The summed E-state index contributed by atoms with van der Waals surface area (Å²) in [6.45, 7) is 0.616. The lowest BCUT2D eigenvalue weighted by Crippen LogP contribution is -2.32. The van der Waals surface area contributed by atoms with Crippen LogP contribution in [-0.4, -0.2) is 55.6 Å². The van der Waals surface area contributed by atoms with Crippen LogP contribution >= 0.6 is 0 Å². The third-order valence-electron chi connectivity index (χ3n) is 2.22. The van der Waals surface area contributed by atoms with Crippen molar-refractivity contribution in [1.82, 2.24) is 9.97 Å². The van der Waals surface area contributed by atoms with Crippen LogP contribution in [-0.2, 0) is 4.74 Å². The van der Waals surface area contributed by atoms with Gasteiger partial charge in [-0.05, 0) is 0 Å². The number of nitrogen functional groups attached to an aromatic ring is 1. The van der Waals surface area contributed by atoms with E-state index in [4.69, 9.17) is 15.2 Å². The lowest BCUT2D eigenvalue weighted by Gasteiger charge is -2.22. The molecule has 0 fully saturated rings. The minimum absolute atomic E-state index is 0.256. The first kappa shape index (κ1) is 13.5. The summed E-state index contributed by atoms with van der Waals surface area (Å²) >= 11 is 0. The zero-order chi connectivity index (χ0) is 12.8. The first-order chi connectivity index (χ1) is 8.10. The molecule has 0 aliphatic heterocycles. The van der Waals surface area contributed by atoms with Crippen molar-refractivity contribution in [3.8, 4) is 5.88 Å². The van der Waals surface area contributed by atoms with E-state index in [1.807, 2.05) is 0 Å². The number of likely N-dealkylation sites (N-methyl/N-ethyl adjacent to an activating group) is 1. The molecule has 0 bridgehead atoms. The van der Waals surface area contributed by atoms with E-state index in [1.54, 1.807) is 11.9 Å². The second-order valence-corrected chi connectivity index (χ2v) is 3.61. The van der Waals surface area contributed by atoms with Gasteiger partial charge in [0.05, 0.1) is 19.8 Å². The molecule has 0 aromatic carbocycles. The fourth-order valence-corrected chi connectivity index (χ4v) is 1.49. The number of methoxy groups -OCH3 is 2. The van der Waals surface area contributed by atoms with Crippen molar-refractivity contribution >= 4 is 11.5 Å². The average Bonchev–Trinajstić information content (AvgIpc) is 2.29. The van der Waals surface area contributed by atoms with E-state index in [0.29, 0.717) is 23.9 Å². The summed E-state index contributed by atoms with van der Waals surface area (Å²) in [6, 6.07) is 0. The Morgan fingerprint density at radius 1 is 1.47 bits per heavy atom. The summed E-state index contributed by atoms with van der Waals surface area (Å²) in [5.41, 5.74) is 6.19. The number of aliphatic hydroxyl groups excluding tert-OH is 1. The van der Waals surface area contributed by atoms with Crippen LogP contribution in [0.2, 0.25) is 0 Å². The SMILES string of the molecule is COCC(O)CN(C)c1ncnc(OC)c1N. The predicted octanol–water partition coefficient (Wildman–Crippen LogP) is -0.489. The Bertz CT molecular complexity index is 361. The lowest BCUT2D eigenvalue weighted by molar-refractivity contribution is 0.0694. The van der Waals surface area contributed by atoms with Crippen LogP contribution in [0.25, 0.3) is 0 Å². The highest BCUT2D eigenvalue weighted by Crippen LogP contribution is 2.26. The Hall–Kier alpha value is -1.60. The number of rotatable bonds is 6. The maximum absolute atomic E-state index is 9.62. The smallest absolute Gasteiger partial charge is 0.242 e. The largest absolute Gasteiger partial charge is 0.479 e. The average molecular weight is 242 g/mol. The second kappa shape index (κ2) is 6.21. The zero-order valence-electron chi connectivity index (χ0n) is 10.3. The van der Waals surface area contributed by atoms with Crippen LogP contribution in [0.1, 0.15) is 0 Å². The van der Waals surface area contributed by atoms with Gasteiger partial charge in [-0.2, -0.15) is 4.98 Å². The Labute approximate surface area is 100 Å². The van der Waals surface area contributed by atoms with E-state index in [-0.39, 0.29) is 6.61 Å². The highest BCUT2D eigenvalue weighted by Gasteiger charge is 2.15. The van der Waals surface area contributed by atoms with E-state index in [9.17, 15) is 5.11 Å². The zero-order valence-corrected chi connectivity index (χ0v) is 10.3. The van der Waals surface area contributed by atoms with E-state index in [2.05, 4.69) is 9.97 Å². The van der Waals surface area contributed by atoms with Crippen LogP contribution in [0.3, 0.4) is 0 Å². The normalized spacial score (nSPS) is 12.2. The molecule has 1 aromatic rings. The first-order valence-corrected chi connectivity index (χ1v) is 5.12. The molecule has 1 unspecified atom stereocenters. The van der Waals surface area contributed by atoms with Crippen molar-refractivity contribution in [2.45, 2.75) is 6.10 Å². The number of hydrogen-bond donors (Lipinski definition) is 2. The molecule has 0 amide bonds. The summed E-state index contributed by atoms with van der Waals surface area (Å²) in [5.74, 6) is 0.843. The molecule has 0 aliphatic rings. The number of nitrogens with two attached hydrogens (primary N) is 1. The van der Waals surface area contributed by atoms with Gasteiger partial charge < -0.3 is 25.2 Å². The van der Waals surface area contributed by atoms with Crippen LogP contribution in [0.15, 0.2) is 6.33 Å². The summed E-state index contributed by atoms with van der Waals surface area (Å²) in [6.07, 6.45) is 0.759. The molecule has 7 heteroatoms. The number of aromatic nitrogens is 2. The molecule has 0 spiro atoms. The summed E-state index contributed by atoms with van der Waals surface area (Å²) in [4.78, 5) is 9.67. The van der Waals surface area contributed by atoms with Gasteiger partial charge in [0, 0.05) is 20.7 Å². The lowest BCUT2D eigenvalue weighted by atomic mass is 10.3. The van der Waals surface area contributed by atoms with Crippen molar-refractivity contribution in [2.24, 2.45) is 0 Å². The number of nitrogens with zero attached hydrogens (tertiary/aromatic N) is 3. The monoisotopic (exact) mass is 242 g/mol. The van der Waals surface area contributed by atoms with Crippen molar-refractivity contribution in [3.63, 3.8) is 0 Å². The van der Waals surface area contributed by atoms with E-state index in [0.717, 1.165) is 0 Å². The fraction of sp³-hybridized carbons (Fsp3) is 0.600. The van der Waals surface area contributed by atoms with E-state index < -0.39 is 6.10 Å². The summed E-state index contributed by atoms with van der Waals surface area (Å²) in [7, 11) is 4.80. The number of ether oxygens (including phenoxy) is 2. The minimum atomic E-state index is -0.606. The molecule has 0 aliphatic carbocycles. The third kappa shape index (κ3) is 3.43. The van der Waals surface area contributed by atoms with Crippen molar-refractivity contribution in [2.75, 3.05) is 45.1 Å². The molecule has 7 nitrogen and oxygen atoms in total. The van der Waals surface area contributed by atoms with Crippen molar-refractivity contribution in [3.05, 3.63) is 6.33 Å². The van der Waals surface area contributed by atoms with E-state index >= 15 is 0 Å². The van der Waals surface area contributed by atoms with E-state index in [1.165, 1.54) is 20.5 Å². The number of aliphatic hydroxyl groups is 1. The van der Waals surface area contributed by atoms with Gasteiger partial charge in [-0.25, -0.2) is 4.98 Å². The topological polar surface area (TPSA) is 93.7 Å². The molecule has 17 heavy (non-hydrogen) atoms. The molecule has 1 aromatic heterocycles. The Balaban J connectivity index is 2.78. The minimum Gasteiger partial charge on any atom is -0.479 e. The Morgan fingerprint density at radius 3 is 2.76 bits per heavy atom. The molecule has 96 valence electrons. The van der Waals surface area contributed by atoms with Gasteiger partial charge in [-0.15, -0.1) is 0 Å².